The number of amides is 2. The van der Waals surface area contributed by atoms with E-state index in [0.717, 1.165) is 0 Å². The van der Waals surface area contributed by atoms with Crippen LogP contribution in [0.15, 0.2) is 24.3 Å². The van der Waals surface area contributed by atoms with Gasteiger partial charge in [0, 0.05) is 0 Å². The van der Waals surface area contributed by atoms with Crippen LogP contribution in [0.5, 0.6) is 0 Å². The third-order valence-electron chi connectivity index (χ3n) is 2.56. The highest BCUT2D eigenvalue weighted by atomic mass is 16.2. The number of para-hydroxylation sites is 2. The Morgan fingerprint density at radius 1 is 0.933 bits per heavy atom. The van der Waals surface area contributed by atoms with E-state index in [1.165, 1.54) is 0 Å². The first kappa shape index (κ1) is 9.71. The number of benzene rings is 1. The molecule has 0 radical (unpaired) electrons. The van der Waals surface area contributed by atoms with Crippen LogP contribution in [0, 0.1) is 5.41 Å². The molecule has 1 aliphatic heterocycles. The predicted octanol–water partition coefficient (Wildman–Crippen LogP) is 1.60. The van der Waals surface area contributed by atoms with Crippen molar-refractivity contribution in [1.82, 2.24) is 0 Å². The lowest BCUT2D eigenvalue weighted by Crippen LogP contribution is -2.39. The Labute approximate surface area is 87.7 Å². The number of hydrogen-bond acceptors (Lipinski definition) is 2. The normalized spacial score (nSPS) is 18.5. The zero-order valence-electron chi connectivity index (χ0n) is 8.63. The highest BCUT2D eigenvalue weighted by molar-refractivity contribution is 6.18. The first-order chi connectivity index (χ1) is 7.01. The predicted molar refractivity (Wildman–Crippen MR) is 57.5 cm³/mol. The zero-order valence-corrected chi connectivity index (χ0v) is 8.63. The van der Waals surface area contributed by atoms with E-state index in [2.05, 4.69) is 10.6 Å². The lowest BCUT2D eigenvalue weighted by Gasteiger charge is -2.17. The lowest BCUT2D eigenvalue weighted by molar-refractivity contribution is -0.134. The summed E-state index contributed by atoms with van der Waals surface area (Å²) in [7, 11) is 0. The number of carbonyl (C=O) groups is 2. The molecule has 1 aromatic rings. The van der Waals surface area contributed by atoms with E-state index >= 15 is 0 Å². The Morgan fingerprint density at radius 3 is 1.73 bits per heavy atom. The molecule has 4 nitrogen and oxygen atoms in total. The summed E-state index contributed by atoms with van der Waals surface area (Å²) >= 11 is 0. The maximum atomic E-state index is 11.7. The largest absolute Gasteiger partial charge is 0.323 e. The van der Waals surface area contributed by atoms with E-state index in [0.29, 0.717) is 11.4 Å². The average Bonchev–Trinajstić information content (AvgIpc) is 2.27. The van der Waals surface area contributed by atoms with E-state index in [4.69, 9.17) is 0 Å². The Hall–Kier alpha value is -1.84. The quantitative estimate of drug-likeness (QED) is 0.631. The van der Waals surface area contributed by atoms with Crippen molar-refractivity contribution >= 4 is 23.2 Å². The van der Waals surface area contributed by atoms with Crippen molar-refractivity contribution in [3.63, 3.8) is 0 Å². The highest BCUT2D eigenvalue weighted by Crippen LogP contribution is 2.30. The standard InChI is InChI=1S/C11H12N2O2/c1-11(2)9(14)12-7-5-3-4-6-8(7)13-10(11)15/h3-6H,1-2H3,(H,12,14)(H,13,15). The molecule has 0 fully saturated rings. The van der Waals surface area contributed by atoms with E-state index in [1.807, 2.05) is 12.1 Å². The first-order valence-corrected chi connectivity index (χ1v) is 4.74. The molecule has 15 heavy (non-hydrogen) atoms. The number of fused-ring (bicyclic) bond motifs is 1. The van der Waals surface area contributed by atoms with Crippen LogP contribution in [0.25, 0.3) is 0 Å². The fraction of sp³-hybridized carbons (Fsp3) is 0.273. The van der Waals surface area contributed by atoms with Gasteiger partial charge in [-0.1, -0.05) is 12.1 Å². The molecule has 0 spiro atoms. The van der Waals surface area contributed by atoms with Crippen molar-refractivity contribution < 1.29 is 9.59 Å². The molecular weight excluding hydrogens is 192 g/mol. The van der Waals surface area contributed by atoms with Crippen molar-refractivity contribution in [2.75, 3.05) is 10.6 Å². The first-order valence-electron chi connectivity index (χ1n) is 4.74. The van der Waals surface area contributed by atoms with Gasteiger partial charge in [0.25, 0.3) is 0 Å². The van der Waals surface area contributed by atoms with Crippen LogP contribution in [0.4, 0.5) is 11.4 Å². The van der Waals surface area contributed by atoms with Crippen molar-refractivity contribution in [3.8, 4) is 0 Å². The second kappa shape index (κ2) is 3.08. The molecule has 1 aliphatic rings. The van der Waals surface area contributed by atoms with Crippen molar-refractivity contribution in [2.45, 2.75) is 13.8 Å². The number of rotatable bonds is 0. The third-order valence-corrected chi connectivity index (χ3v) is 2.56. The molecule has 4 heteroatoms. The topological polar surface area (TPSA) is 58.2 Å². The third kappa shape index (κ3) is 1.48. The summed E-state index contributed by atoms with van der Waals surface area (Å²) in [6, 6.07) is 7.14. The van der Waals surface area contributed by atoms with Gasteiger partial charge in [-0.05, 0) is 26.0 Å². The van der Waals surface area contributed by atoms with Gasteiger partial charge in [0.15, 0.2) is 0 Å². The zero-order chi connectivity index (χ0) is 11.1. The Bertz CT molecular complexity index is 399. The van der Waals surface area contributed by atoms with Crippen LogP contribution >= 0.6 is 0 Å². The highest BCUT2D eigenvalue weighted by Gasteiger charge is 2.38. The second-order valence-corrected chi connectivity index (χ2v) is 4.08. The minimum atomic E-state index is -1.04. The van der Waals surface area contributed by atoms with Gasteiger partial charge < -0.3 is 10.6 Å². The molecular formula is C11H12N2O2. The van der Waals surface area contributed by atoms with Gasteiger partial charge in [-0.25, -0.2) is 0 Å². The van der Waals surface area contributed by atoms with Gasteiger partial charge in [0.2, 0.25) is 11.8 Å². The molecule has 0 bridgehead atoms. The molecule has 0 unspecified atom stereocenters. The summed E-state index contributed by atoms with van der Waals surface area (Å²) in [6.45, 7) is 3.20. The number of carbonyl (C=O) groups excluding carboxylic acids is 2. The van der Waals surface area contributed by atoms with E-state index in [1.54, 1.807) is 26.0 Å². The molecule has 0 saturated heterocycles. The second-order valence-electron chi connectivity index (χ2n) is 4.08. The lowest BCUT2D eigenvalue weighted by atomic mass is 9.91. The van der Waals surface area contributed by atoms with Gasteiger partial charge in [0.1, 0.15) is 5.41 Å². The summed E-state index contributed by atoms with van der Waals surface area (Å²) < 4.78 is 0. The minimum Gasteiger partial charge on any atom is -0.323 e. The maximum Gasteiger partial charge on any atom is 0.239 e. The van der Waals surface area contributed by atoms with Gasteiger partial charge >= 0.3 is 0 Å². The summed E-state index contributed by atoms with van der Waals surface area (Å²) in [6.07, 6.45) is 0. The molecule has 0 aromatic heterocycles. The molecule has 0 saturated carbocycles. The Kier molecular flexibility index (Phi) is 2.00. The van der Waals surface area contributed by atoms with Crippen LogP contribution in [-0.4, -0.2) is 11.8 Å². The number of anilines is 2. The van der Waals surface area contributed by atoms with Gasteiger partial charge in [-0.15, -0.1) is 0 Å². The molecule has 0 atom stereocenters. The molecule has 78 valence electrons. The molecule has 1 heterocycles. The van der Waals surface area contributed by atoms with Crippen LogP contribution in [0.3, 0.4) is 0 Å². The monoisotopic (exact) mass is 204 g/mol. The molecule has 2 amide bonds. The van der Waals surface area contributed by atoms with Crippen molar-refractivity contribution in [2.24, 2.45) is 5.41 Å². The molecule has 2 rings (SSSR count). The summed E-state index contributed by atoms with van der Waals surface area (Å²) in [4.78, 5) is 23.5. The Morgan fingerprint density at radius 2 is 1.33 bits per heavy atom. The number of nitrogens with one attached hydrogen (secondary N) is 2. The van der Waals surface area contributed by atoms with Gasteiger partial charge in [-0.2, -0.15) is 0 Å². The average molecular weight is 204 g/mol. The van der Waals surface area contributed by atoms with Gasteiger partial charge in [0.05, 0.1) is 11.4 Å². The summed E-state index contributed by atoms with van der Waals surface area (Å²) in [5.74, 6) is -0.574. The fourth-order valence-corrected chi connectivity index (χ4v) is 1.36. The van der Waals surface area contributed by atoms with Crippen molar-refractivity contribution in [3.05, 3.63) is 24.3 Å². The van der Waals surface area contributed by atoms with Crippen LogP contribution < -0.4 is 10.6 Å². The van der Waals surface area contributed by atoms with Gasteiger partial charge in [-0.3, -0.25) is 9.59 Å². The van der Waals surface area contributed by atoms with Crippen LogP contribution in [-0.2, 0) is 9.59 Å². The van der Waals surface area contributed by atoms with Crippen LogP contribution in [0.2, 0.25) is 0 Å². The molecule has 0 aliphatic carbocycles. The fourth-order valence-electron chi connectivity index (χ4n) is 1.36. The minimum absolute atomic E-state index is 0.287. The summed E-state index contributed by atoms with van der Waals surface area (Å²) in [5, 5.41) is 5.44. The van der Waals surface area contributed by atoms with E-state index in [9.17, 15) is 9.59 Å². The van der Waals surface area contributed by atoms with Crippen LogP contribution in [0.1, 0.15) is 13.8 Å². The summed E-state index contributed by atoms with van der Waals surface area (Å²) in [5.41, 5.74) is 0.238. The smallest absolute Gasteiger partial charge is 0.239 e. The number of hydrogen-bond donors (Lipinski definition) is 2. The van der Waals surface area contributed by atoms with Crippen molar-refractivity contribution in [1.29, 1.82) is 0 Å². The maximum absolute atomic E-state index is 11.7. The Balaban J connectivity index is 2.49. The SMILES string of the molecule is CC1(C)C(=O)Nc2ccccc2NC1=O. The molecule has 1 aromatic carbocycles. The van der Waals surface area contributed by atoms with E-state index < -0.39 is 5.41 Å². The van der Waals surface area contributed by atoms with E-state index in [-0.39, 0.29) is 11.8 Å². The molecule has 2 N–H and O–H groups in total.